The molecule has 1 aliphatic carbocycles. The second-order valence-corrected chi connectivity index (χ2v) is 5.64. The van der Waals surface area contributed by atoms with E-state index < -0.39 is 0 Å². The first-order chi connectivity index (χ1) is 10.1. The molecular formula is C16H14O5. The highest BCUT2D eigenvalue weighted by Crippen LogP contribution is 2.53. The van der Waals surface area contributed by atoms with Crippen molar-refractivity contribution < 1.29 is 25.2 Å². The second-order valence-electron chi connectivity index (χ2n) is 5.64. The minimum absolute atomic E-state index is 0.0123. The molecule has 0 saturated carbocycles. The number of aromatic hydroxyl groups is 4. The summed E-state index contributed by atoms with van der Waals surface area (Å²) in [4.78, 5) is 0. The van der Waals surface area contributed by atoms with Crippen molar-refractivity contribution in [1.29, 1.82) is 0 Å². The number of rotatable bonds is 0. The molecule has 1 aliphatic heterocycles. The fourth-order valence-electron chi connectivity index (χ4n) is 3.50. The summed E-state index contributed by atoms with van der Waals surface area (Å²) in [6, 6.07) is 6.34. The lowest BCUT2D eigenvalue weighted by atomic mass is 9.83. The van der Waals surface area contributed by atoms with Crippen LogP contribution in [0.3, 0.4) is 0 Å². The van der Waals surface area contributed by atoms with E-state index in [0.717, 1.165) is 23.1 Å². The first kappa shape index (κ1) is 12.2. The normalized spacial score (nSPS) is 22.1. The van der Waals surface area contributed by atoms with Gasteiger partial charge in [-0.05, 0) is 35.7 Å². The Morgan fingerprint density at radius 1 is 0.905 bits per heavy atom. The molecule has 5 nitrogen and oxygen atoms in total. The molecule has 0 saturated heterocycles. The molecule has 1 unspecified atom stereocenters. The largest absolute Gasteiger partial charge is 0.504 e. The number of fused-ring (bicyclic) bond motifs is 5. The molecule has 108 valence electrons. The Labute approximate surface area is 120 Å². The van der Waals surface area contributed by atoms with Crippen molar-refractivity contribution >= 4 is 0 Å². The first-order valence-electron chi connectivity index (χ1n) is 6.78. The lowest BCUT2D eigenvalue weighted by Crippen LogP contribution is -2.23. The zero-order chi connectivity index (χ0) is 14.7. The number of benzene rings is 2. The highest BCUT2D eigenvalue weighted by molar-refractivity contribution is 5.61. The number of ether oxygens (including phenoxy) is 1. The van der Waals surface area contributed by atoms with Crippen LogP contribution in [0, 0.1) is 5.92 Å². The average molecular weight is 286 g/mol. The predicted octanol–water partition coefficient (Wildman–Crippen LogP) is 2.21. The van der Waals surface area contributed by atoms with Crippen LogP contribution in [0.4, 0.5) is 0 Å². The number of phenols is 4. The van der Waals surface area contributed by atoms with Gasteiger partial charge in [0.1, 0.15) is 0 Å². The van der Waals surface area contributed by atoms with Gasteiger partial charge in [0.25, 0.3) is 0 Å². The van der Waals surface area contributed by atoms with Gasteiger partial charge < -0.3 is 25.2 Å². The molecule has 0 bridgehead atoms. The summed E-state index contributed by atoms with van der Waals surface area (Å²) in [5.41, 5.74) is 2.71. The molecule has 0 radical (unpaired) electrons. The van der Waals surface area contributed by atoms with Gasteiger partial charge in [-0.25, -0.2) is 0 Å². The molecule has 21 heavy (non-hydrogen) atoms. The molecule has 0 spiro atoms. The van der Waals surface area contributed by atoms with E-state index in [-0.39, 0.29) is 34.8 Å². The molecule has 1 heterocycles. The summed E-state index contributed by atoms with van der Waals surface area (Å²) in [5, 5.41) is 38.9. The van der Waals surface area contributed by atoms with E-state index >= 15 is 0 Å². The van der Waals surface area contributed by atoms with Gasteiger partial charge in [0.15, 0.2) is 23.0 Å². The van der Waals surface area contributed by atoms with Crippen molar-refractivity contribution in [2.24, 2.45) is 5.92 Å². The lowest BCUT2D eigenvalue weighted by Gasteiger charge is -2.29. The Balaban J connectivity index is 1.92. The molecule has 4 rings (SSSR count). The summed E-state index contributed by atoms with van der Waals surface area (Å²) in [7, 11) is 0. The van der Waals surface area contributed by atoms with E-state index in [1.807, 2.05) is 0 Å². The third kappa shape index (κ3) is 1.57. The maximum absolute atomic E-state index is 9.95. The van der Waals surface area contributed by atoms with Gasteiger partial charge in [0.05, 0.1) is 6.61 Å². The van der Waals surface area contributed by atoms with E-state index in [1.165, 1.54) is 6.07 Å². The zero-order valence-corrected chi connectivity index (χ0v) is 11.1. The quantitative estimate of drug-likeness (QED) is 0.557. The predicted molar refractivity (Wildman–Crippen MR) is 74.1 cm³/mol. The molecule has 2 aliphatic rings. The Morgan fingerprint density at radius 2 is 1.67 bits per heavy atom. The van der Waals surface area contributed by atoms with E-state index in [1.54, 1.807) is 18.2 Å². The monoisotopic (exact) mass is 286 g/mol. The van der Waals surface area contributed by atoms with Gasteiger partial charge in [-0.15, -0.1) is 0 Å². The molecule has 4 N–H and O–H groups in total. The minimum Gasteiger partial charge on any atom is -0.504 e. The summed E-state index contributed by atoms with van der Waals surface area (Å²) < 4.78 is 5.61. The average Bonchev–Trinajstić information content (AvgIpc) is 2.81. The molecule has 2 aromatic rings. The summed E-state index contributed by atoms with van der Waals surface area (Å²) >= 11 is 0. The summed E-state index contributed by atoms with van der Waals surface area (Å²) in [6.07, 6.45) is 0.745. The Morgan fingerprint density at radius 3 is 2.48 bits per heavy atom. The number of hydrogen-bond acceptors (Lipinski definition) is 5. The van der Waals surface area contributed by atoms with Crippen molar-refractivity contribution in [1.82, 2.24) is 0 Å². The third-order valence-corrected chi connectivity index (χ3v) is 4.44. The molecule has 2 aromatic carbocycles. The number of phenolic OH excluding ortho intramolecular Hbond substituents is 4. The Kier molecular flexibility index (Phi) is 2.31. The first-order valence-corrected chi connectivity index (χ1v) is 6.78. The van der Waals surface area contributed by atoms with Gasteiger partial charge in [-0.1, -0.05) is 6.07 Å². The van der Waals surface area contributed by atoms with Crippen molar-refractivity contribution in [3.05, 3.63) is 41.0 Å². The molecule has 5 heteroatoms. The van der Waals surface area contributed by atoms with Gasteiger partial charge in [0, 0.05) is 17.4 Å². The van der Waals surface area contributed by atoms with Crippen LogP contribution >= 0.6 is 0 Å². The second kappa shape index (κ2) is 3.97. The van der Waals surface area contributed by atoms with Crippen LogP contribution in [0.25, 0.3) is 0 Å². The van der Waals surface area contributed by atoms with Crippen LogP contribution in [-0.4, -0.2) is 27.0 Å². The molecule has 2 atom stereocenters. The van der Waals surface area contributed by atoms with Gasteiger partial charge >= 0.3 is 0 Å². The lowest BCUT2D eigenvalue weighted by molar-refractivity contribution is 0.204. The fourth-order valence-corrected chi connectivity index (χ4v) is 3.50. The smallest absolute Gasteiger partial charge is 0.200 e. The zero-order valence-electron chi connectivity index (χ0n) is 11.1. The van der Waals surface area contributed by atoms with E-state index in [0.29, 0.717) is 12.4 Å². The Bertz CT molecular complexity index is 753. The van der Waals surface area contributed by atoms with Crippen LogP contribution in [0.5, 0.6) is 28.7 Å². The minimum atomic E-state index is -0.248. The van der Waals surface area contributed by atoms with E-state index in [4.69, 9.17) is 4.74 Å². The number of hydrogen-bond donors (Lipinski definition) is 4. The van der Waals surface area contributed by atoms with Gasteiger partial charge in [-0.3, -0.25) is 0 Å². The van der Waals surface area contributed by atoms with Gasteiger partial charge in [0.2, 0.25) is 5.75 Å². The Hall–Kier alpha value is -2.56. The van der Waals surface area contributed by atoms with Crippen molar-refractivity contribution in [3.63, 3.8) is 0 Å². The third-order valence-electron chi connectivity index (χ3n) is 4.44. The van der Waals surface area contributed by atoms with Crippen LogP contribution in [0.2, 0.25) is 0 Å². The van der Waals surface area contributed by atoms with Crippen LogP contribution < -0.4 is 4.74 Å². The maximum atomic E-state index is 9.95. The van der Waals surface area contributed by atoms with Crippen LogP contribution in [-0.2, 0) is 6.42 Å². The summed E-state index contributed by atoms with van der Waals surface area (Å²) in [5.74, 6) is -0.245. The summed E-state index contributed by atoms with van der Waals surface area (Å²) in [6.45, 7) is 0.422. The highest BCUT2D eigenvalue weighted by Gasteiger charge is 2.40. The van der Waals surface area contributed by atoms with Crippen molar-refractivity contribution in [2.45, 2.75) is 12.3 Å². The maximum Gasteiger partial charge on any atom is 0.200 e. The molecule has 0 aromatic heterocycles. The standard InChI is InChI=1S/C16H14O5/c17-11-2-1-9-14-8(6-21-16(9)15(11)20)3-7-4-12(18)13(19)5-10(7)14/h1-2,4-5,8,14,17-20H,3,6H2/t8?,14-/m0/s1. The van der Waals surface area contributed by atoms with Crippen LogP contribution in [0.1, 0.15) is 22.6 Å². The van der Waals surface area contributed by atoms with Crippen molar-refractivity contribution in [2.75, 3.05) is 6.61 Å². The fraction of sp³-hybridized carbons (Fsp3) is 0.250. The highest BCUT2D eigenvalue weighted by atomic mass is 16.5. The molecular weight excluding hydrogens is 272 g/mol. The van der Waals surface area contributed by atoms with Gasteiger partial charge in [-0.2, -0.15) is 0 Å². The van der Waals surface area contributed by atoms with Crippen LogP contribution in [0.15, 0.2) is 24.3 Å². The van der Waals surface area contributed by atoms with Crippen molar-refractivity contribution in [3.8, 4) is 28.7 Å². The molecule has 0 fully saturated rings. The van der Waals surface area contributed by atoms with E-state index in [9.17, 15) is 20.4 Å². The van der Waals surface area contributed by atoms with E-state index in [2.05, 4.69) is 0 Å². The topological polar surface area (TPSA) is 90.2 Å². The SMILES string of the molecule is Oc1cc2c(cc1O)[C@@H]1c3ccc(O)c(O)c3OCC1C2. The molecule has 0 amide bonds.